The van der Waals surface area contributed by atoms with Gasteiger partial charge in [-0.05, 0) is 12.1 Å². The largest absolute Gasteiger partial charge is 0.368 e. The number of benzene rings is 1. The molecule has 1 aromatic rings. The smallest absolute Gasteiger partial charge is 0.255 e. The highest BCUT2D eigenvalue weighted by atomic mass is 16.1. The number of anilines is 2. The van der Waals surface area contributed by atoms with Gasteiger partial charge in [-0.1, -0.05) is 12.6 Å². The van der Waals surface area contributed by atoms with Crippen molar-refractivity contribution < 1.29 is 4.79 Å². The summed E-state index contributed by atoms with van der Waals surface area (Å²) in [5.41, 5.74) is 3.55. The summed E-state index contributed by atoms with van der Waals surface area (Å²) in [6.45, 7) is 7.79. The Hall–Kier alpha value is -1.81. The maximum absolute atomic E-state index is 11.6. The zero-order valence-corrected chi connectivity index (χ0v) is 9.62. The Morgan fingerprint density at radius 3 is 2.76 bits per heavy atom. The van der Waals surface area contributed by atoms with E-state index in [2.05, 4.69) is 28.2 Å². The molecule has 3 rings (SSSR count). The van der Waals surface area contributed by atoms with E-state index in [0.717, 1.165) is 43.1 Å². The lowest BCUT2D eigenvalue weighted by molar-refractivity contribution is -0.110. The summed E-state index contributed by atoms with van der Waals surface area (Å²) in [5, 5.41) is 6.17. The van der Waals surface area contributed by atoms with E-state index < -0.39 is 0 Å². The fourth-order valence-corrected chi connectivity index (χ4v) is 2.44. The van der Waals surface area contributed by atoms with Crippen LogP contribution in [0.3, 0.4) is 0 Å². The SMILES string of the molecule is C=C1C(=O)Nc2cccc(N3CCNCC3)c21. The van der Waals surface area contributed by atoms with E-state index >= 15 is 0 Å². The first-order chi connectivity index (χ1) is 8.27. The van der Waals surface area contributed by atoms with Gasteiger partial charge >= 0.3 is 0 Å². The lowest BCUT2D eigenvalue weighted by Crippen LogP contribution is -2.43. The molecule has 1 saturated heterocycles. The third-order valence-electron chi connectivity index (χ3n) is 3.32. The van der Waals surface area contributed by atoms with Gasteiger partial charge in [0.05, 0.1) is 5.69 Å². The van der Waals surface area contributed by atoms with E-state index in [1.54, 1.807) is 0 Å². The number of amides is 1. The van der Waals surface area contributed by atoms with Crippen LogP contribution in [0.5, 0.6) is 0 Å². The van der Waals surface area contributed by atoms with Crippen LogP contribution in [0.1, 0.15) is 5.56 Å². The summed E-state index contributed by atoms with van der Waals surface area (Å²) >= 11 is 0. The van der Waals surface area contributed by atoms with Gasteiger partial charge in [-0.2, -0.15) is 0 Å². The molecule has 0 saturated carbocycles. The molecule has 1 aromatic carbocycles. The summed E-state index contributed by atoms with van der Waals surface area (Å²) in [6, 6.07) is 5.97. The molecule has 0 unspecified atom stereocenters. The highest BCUT2D eigenvalue weighted by Crippen LogP contribution is 2.38. The molecular weight excluding hydrogens is 214 g/mol. The van der Waals surface area contributed by atoms with Crippen LogP contribution >= 0.6 is 0 Å². The third-order valence-corrected chi connectivity index (χ3v) is 3.32. The lowest BCUT2D eigenvalue weighted by atomic mass is 10.0. The van der Waals surface area contributed by atoms with Crippen molar-refractivity contribution in [3.05, 3.63) is 30.3 Å². The minimum Gasteiger partial charge on any atom is -0.368 e. The second-order valence-corrected chi connectivity index (χ2v) is 4.37. The molecule has 4 nitrogen and oxygen atoms in total. The fourth-order valence-electron chi connectivity index (χ4n) is 2.44. The van der Waals surface area contributed by atoms with Crippen LogP contribution in [0.25, 0.3) is 5.57 Å². The zero-order valence-electron chi connectivity index (χ0n) is 9.62. The van der Waals surface area contributed by atoms with Gasteiger partial charge in [-0.3, -0.25) is 4.79 Å². The van der Waals surface area contributed by atoms with E-state index in [4.69, 9.17) is 0 Å². The Kier molecular flexibility index (Phi) is 2.37. The standard InChI is InChI=1S/C13H15N3O/c1-9-12-10(15-13(9)17)3-2-4-11(12)16-7-5-14-6-8-16/h2-4,14H,1,5-8H2,(H,15,17). The maximum atomic E-state index is 11.6. The van der Waals surface area contributed by atoms with Crippen LogP contribution in [0, 0.1) is 0 Å². The topological polar surface area (TPSA) is 44.4 Å². The molecule has 1 fully saturated rings. The number of hydrogen-bond donors (Lipinski definition) is 2. The molecule has 0 spiro atoms. The Bertz CT molecular complexity index is 489. The Morgan fingerprint density at radius 2 is 2.00 bits per heavy atom. The second kappa shape index (κ2) is 3.89. The monoisotopic (exact) mass is 229 g/mol. The highest BCUT2D eigenvalue weighted by Gasteiger charge is 2.27. The Balaban J connectivity index is 2.04. The first-order valence-electron chi connectivity index (χ1n) is 5.86. The molecule has 1 amide bonds. The number of fused-ring (bicyclic) bond motifs is 1. The number of nitrogens with zero attached hydrogens (tertiary/aromatic N) is 1. The number of rotatable bonds is 1. The van der Waals surface area contributed by atoms with Gasteiger partial charge in [0.1, 0.15) is 0 Å². The predicted octanol–water partition coefficient (Wildman–Crippen LogP) is 1.06. The van der Waals surface area contributed by atoms with Crippen molar-refractivity contribution in [3.63, 3.8) is 0 Å². The minimum atomic E-state index is -0.0809. The predicted molar refractivity (Wildman–Crippen MR) is 69.2 cm³/mol. The van der Waals surface area contributed by atoms with Gasteiger partial charge in [-0.15, -0.1) is 0 Å². The molecule has 0 atom stereocenters. The van der Waals surface area contributed by atoms with Gasteiger partial charge in [0.2, 0.25) is 0 Å². The molecule has 17 heavy (non-hydrogen) atoms. The normalized spacial score (nSPS) is 19.2. The summed E-state index contributed by atoms with van der Waals surface area (Å²) in [5.74, 6) is -0.0809. The molecule has 88 valence electrons. The van der Waals surface area contributed by atoms with Crippen molar-refractivity contribution in [1.82, 2.24) is 5.32 Å². The van der Waals surface area contributed by atoms with Gasteiger partial charge in [0, 0.05) is 43.0 Å². The maximum Gasteiger partial charge on any atom is 0.255 e. The quantitative estimate of drug-likeness (QED) is 0.708. The number of piperazine rings is 1. The van der Waals surface area contributed by atoms with Crippen LogP contribution in [0.2, 0.25) is 0 Å². The summed E-state index contributed by atoms with van der Waals surface area (Å²) in [7, 11) is 0. The van der Waals surface area contributed by atoms with Crippen molar-refractivity contribution in [1.29, 1.82) is 0 Å². The van der Waals surface area contributed by atoms with E-state index in [9.17, 15) is 4.79 Å². The second-order valence-electron chi connectivity index (χ2n) is 4.37. The molecule has 0 bridgehead atoms. The summed E-state index contributed by atoms with van der Waals surface area (Å²) in [6.07, 6.45) is 0. The van der Waals surface area contributed by atoms with Gasteiger partial charge in [-0.25, -0.2) is 0 Å². The molecule has 0 aliphatic carbocycles. The van der Waals surface area contributed by atoms with Gasteiger partial charge < -0.3 is 15.5 Å². The van der Waals surface area contributed by atoms with Crippen LogP contribution in [-0.2, 0) is 4.79 Å². The molecule has 2 N–H and O–H groups in total. The van der Waals surface area contributed by atoms with E-state index in [1.165, 1.54) is 0 Å². The molecule has 4 heteroatoms. The molecule has 2 aliphatic rings. The highest BCUT2D eigenvalue weighted by molar-refractivity contribution is 6.32. The summed E-state index contributed by atoms with van der Waals surface area (Å²) in [4.78, 5) is 13.9. The fraction of sp³-hybridized carbons (Fsp3) is 0.308. The zero-order chi connectivity index (χ0) is 11.8. The third kappa shape index (κ3) is 1.61. The molecule has 2 heterocycles. The number of hydrogen-bond acceptors (Lipinski definition) is 3. The Labute approximate surface area is 100 Å². The molecule has 0 aromatic heterocycles. The average Bonchev–Trinajstić information content (AvgIpc) is 2.66. The number of carbonyl (C=O) groups excluding carboxylic acids is 1. The van der Waals surface area contributed by atoms with Crippen LogP contribution in [-0.4, -0.2) is 32.1 Å². The van der Waals surface area contributed by atoms with E-state index in [-0.39, 0.29) is 5.91 Å². The van der Waals surface area contributed by atoms with Crippen molar-refractivity contribution in [2.24, 2.45) is 0 Å². The first-order valence-corrected chi connectivity index (χ1v) is 5.86. The van der Waals surface area contributed by atoms with Gasteiger partial charge in [0.25, 0.3) is 5.91 Å². The summed E-state index contributed by atoms with van der Waals surface area (Å²) < 4.78 is 0. The molecule has 0 radical (unpaired) electrons. The average molecular weight is 229 g/mol. The van der Waals surface area contributed by atoms with E-state index in [0.29, 0.717) is 5.57 Å². The van der Waals surface area contributed by atoms with Crippen LogP contribution in [0.15, 0.2) is 24.8 Å². The lowest BCUT2D eigenvalue weighted by Gasteiger charge is -2.30. The van der Waals surface area contributed by atoms with Crippen molar-refractivity contribution in [2.45, 2.75) is 0 Å². The van der Waals surface area contributed by atoms with Crippen molar-refractivity contribution in [2.75, 3.05) is 36.4 Å². The van der Waals surface area contributed by atoms with Crippen molar-refractivity contribution >= 4 is 22.9 Å². The van der Waals surface area contributed by atoms with Gasteiger partial charge in [0.15, 0.2) is 0 Å². The van der Waals surface area contributed by atoms with Crippen LogP contribution in [0.4, 0.5) is 11.4 Å². The minimum absolute atomic E-state index is 0.0809. The number of nitrogens with one attached hydrogen (secondary N) is 2. The van der Waals surface area contributed by atoms with E-state index in [1.807, 2.05) is 12.1 Å². The molecule has 2 aliphatic heterocycles. The first kappa shape index (κ1) is 10.4. The Morgan fingerprint density at radius 1 is 1.24 bits per heavy atom. The number of carbonyl (C=O) groups is 1. The molecular formula is C13H15N3O. The van der Waals surface area contributed by atoms with Crippen LogP contribution < -0.4 is 15.5 Å². The van der Waals surface area contributed by atoms with Crippen molar-refractivity contribution in [3.8, 4) is 0 Å².